The highest BCUT2D eigenvalue weighted by Gasteiger charge is 2.17. The van der Waals surface area contributed by atoms with Gasteiger partial charge in [-0.1, -0.05) is 23.7 Å². The number of fused-ring (bicyclic) bond motifs is 1. The molecule has 0 bridgehead atoms. The molecule has 2 N–H and O–H groups in total. The molecule has 3 aromatic carbocycles. The van der Waals surface area contributed by atoms with E-state index in [1.54, 1.807) is 12.1 Å². The number of aromatic hydroxyl groups is 1. The number of halogens is 1. The second kappa shape index (κ2) is 7.25. The lowest BCUT2D eigenvalue weighted by atomic mass is 10.1. The summed E-state index contributed by atoms with van der Waals surface area (Å²) in [6.07, 6.45) is 0. The van der Waals surface area contributed by atoms with E-state index in [0.717, 1.165) is 6.07 Å². The Balaban J connectivity index is 1.64. The van der Waals surface area contributed by atoms with Crippen molar-refractivity contribution in [2.45, 2.75) is 0 Å². The number of nitrogens with one attached hydrogen (secondary N) is 1. The standard InChI is InChI=1S/C20H12ClN3O5/c21-15-10-12(24(27)28)6-7-13(15)19(26)22-11-5-8-17(25)14(9-11)20-23-16-3-1-2-4-18(16)29-20/h1-10,25H,(H,22,26). The van der Waals surface area contributed by atoms with Crippen LogP contribution in [0.2, 0.25) is 5.02 Å². The van der Waals surface area contributed by atoms with Crippen LogP contribution in [0.15, 0.2) is 65.1 Å². The molecule has 1 heterocycles. The molecule has 9 heteroatoms. The number of phenolic OH excluding ortho intramolecular Hbond substituents is 1. The van der Waals surface area contributed by atoms with Gasteiger partial charge in [0.25, 0.3) is 11.6 Å². The zero-order valence-electron chi connectivity index (χ0n) is 14.6. The number of anilines is 1. The van der Waals surface area contributed by atoms with Gasteiger partial charge in [0.1, 0.15) is 11.3 Å². The van der Waals surface area contributed by atoms with Crippen molar-refractivity contribution in [3.8, 4) is 17.2 Å². The fourth-order valence-electron chi connectivity index (χ4n) is 2.77. The van der Waals surface area contributed by atoms with Gasteiger partial charge < -0.3 is 14.8 Å². The quantitative estimate of drug-likeness (QED) is 0.277. The van der Waals surface area contributed by atoms with E-state index in [0.29, 0.717) is 22.4 Å². The number of nitro benzene ring substituents is 1. The summed E-state index contributed by atoms with van der Waals surface area (Å²) in [5, 5.41) is 23.6. The van der Waals surface area contributed by atoms with Gasteiger partial charge in [0.15, 0.2) is 5.58 Å². The molecule has 0 unspecified atom stereocenters. The van der Waals surface area contributed by atoms with E-state index >= 15 is 0 Å². The summed E-state index contributed by atoms with van der Waals surface area (Å²) in [5.74, 6) is -0.421. The Labute approximate surface area is 168 Å². The number of oxazole rings is 1. The first-order valence-electron chi connectivity index (χ1n) is 8.36. The van der Waals surface area contributed by atoms with Crippen molar-refractivity contribution in [1.82, 2.24) is 4.98 Å². The Bertz CT molecular complexity index is 1240. The summed E-state index contributed by atoms with van der Waals surface area (Å²) in [7, 11) is 0. The Kier molecular flexibility index (Phi) is 4.61. The highest BCUT2D eigenvalue weighted by Crippen LogP contribution is 2.33. The van der Waals surface area contributed by atoms with E-state index in [9.17, 15) is 20.0 Å². The average molecular weight is 410 g/mol. The third-order valence-electron chi connectivity index (χ3n) is 4.19. The molecule has 0 fully saturated rings. The second-order valence-electron chi connectivity index (χ2n) is 6.09. The Morgan fingerprint density at radius 2 is 1.93 bits per heavy atom. The molecule has 0 saturated heterocycles. The fourth-order valence-corrected chi connectivity index (χ4v) is 3.03. The van der Waals surface area contributed by atoms with E-state index < -0.39 is 10.8 Å². The van der Waals surface area contributed by atoms with Crippen molar-refractivity contribution in [3.63, 3.8) is 0 Å². The number of nitrogens with zero attached hydrogens (tertiary/aromatic N) is 2. The number of rotatable bonds is 4. The van der Waals surface area contributed by atoms with Crippen LogP contribution < -0.4 is 5.32 Å². The topological polar surface area (TPSA) is 118 Å². The molecule has 0 saturated carbocycles. The number of para-hydroxylation sites is 2. The maximum Gasteiger partial charge on any atom is 0.270 e. The third-order valence-corrected chi connectivity index (χ3v) is 4.50. The summed E-state index contributed by atoms with van der Waals surface area (Å²) >= 11 is 6.00. The molecular formula is C20H12ClN3O5. The van der Waals surface area contributed by atoms with Crippen LogP contribution in [-0.2, 0) is 0 Å². The van der Waals surface area contributed by atoms with Gasteiger partial charge in [-0.05, 0) is 36.4 Å². The summed E-state index contributed by atoms with van der Waals surface area (Å²) in [4.78, 5) is 27.1. The van der Waals surface area contributed by atoms with Crippen molar-refractivity contribution in [2.24, 2.45) is 0 Å². The highest BCUT2D eigenvalue weighted by atomic mass is 35.5. The number of amides is 1. The zero-order chi connectivity index (χ0) is 20.5. The smallest absolute Gasteiger partial charge is 0.270 e. The van der Waals surface area contributed by atoms with Crippen LogP contribution >= 0.6 is 11.6 Å². The monoisotopic (exact) mass is 409 g/mol. The van der Waals surface area contributed by atoms with Crippen molar-refractivity contribution in [3.05, 3.63) is 81.4 Å². The van der Waals surface area contributed by atoms with Crippen molar-refractivity contribution in [1.29, 1.82) is 0 Å². The first kappa shape index (κ1) is 18.5. The number of hydrogen-bond acceptors (Lipinski definition) is 6. The maximum atomic E-state index is 12.5. The first-order valence-corrected chi connectivity index (χ1v) is 8.74. The van der Waals surface area contributed by atoms with Gasteiger partial charge in [0.05, 0.1) is 21.1 Å². The van der Waals surface area contributed by atoms with E-state index in [4.69, 9.17) is 16.0 Å². The van der Waals surface area contributed by atoms with Gasteiger partial charge in [-0.15, -0.1) is 0 Å². The molecule has 1 aromatic heterocycles. The van der Waals surface area contributed by atoms with E-state index in [1.807, 2.05) is 12.1 Å². The Morgan fingerprint density at radius 3 is 2.66 bits per heavy atom. The summed E-state index contributed by atoms with van der Waals surface area (Å²) in [5.41, 5.74) is 1.72. The first-order chi connectivity index (χ1) is 13.9. The van der Waals surface area contributed by atoms with Crippen LogP contribution in [0.5, 0.6) is 5.75 Å². The lowest BCUT2D eigenvalue weighted by molar-refractivity contribution is -0.384. The molecule has 1 amide bonds. The SMILES string of the molecule is O=C(Nc1ccc(O)c(-c2nc3ccccc3o2)c1)c1ccc([N+](=O)[O-])cc1Cl. The van der Waals surface area contributed by atoms with Gasteiger partial charge in [-0.2, -0.15) is 0 Å². The average Bonchev–Trinajstić information content (AvgIpc) is 3.13. The predicted molar refractivity (Wildman–Crippen MR) is 107 cm³/mol. The number of carbonyl (C=O) groups excluding carboxylic acids is 1. The fraction of sp³-hybridized carbons (Fsp3) is 0. The predicted octanol–water partition coefficient (Wildman–Crippen LogP) is 5.01. The van der Waals surface area contributed by atoms with Crippen LogP contribution in [-0.4, -0.2) is 20.9 Å². The molecule has 0 aliphatic rings. The number of aromatic nitrogens is 1. The molecule has 4 rings (SSSR count). The summed E-state index contributed by atoms with van der Waals surface area (Å²) in [6.45, 7) is 0. The molecule has 0 aliphatic heterocycles. The minimum Gasteiger partial charge on any atom is -0.507 e. The number of benzene rings is 3. The molecule has 0 aliphatic carbocycles. The number of phenols is 1. The number of nitro groups is 1. The second-order valence-corrected chi connectivity index (χ2v) is 6.50. The van der Waals surface area contributed by atoms with Crippen LogP contribution in [0.25, 0.3) is 22.6 Å². The van der Waals surface area contributed by atoms with Crippen LogP contribution in [0.4, 0.5) is 11.4 Å². The van der Waals surface area contributed by atoms with Gasteiger partial charge >= 0.3 is 0 Å². The van der Waals surface area contributed by atoms with Gasteiger partial charge in [0.2, 0.25) is 5.89 Å². The van der Waals surface area contributed by atoms with Crippen LogP contribution in [0, 0.1) is 10.1 Å². The number of hydrogen-bond donors (Lipinski definition) is 2. The highest BCUT2D eigenvalue weighted by molar-refractivity contribution is 6.34. The van der Waals surface area contributed by atoms with Crippen LogP contribution in [0.3, 0.4) is 0 Å². The molecule has 0 atom stereocenters. The van der Waals surface area contributed by atoms with E-state index in [2.05, 4.69) is 10.3 Å². The Hall–Kier alpha value is -3.91. The van der Waals surface area contributed by atoms with Crippen molar-refractivity contribution in [2.75, 3.05) is 5.32 Å². The lowest BCUT2D eigenvalue weighted by Crippen LogP contribution is -2.12. The third kappa shape index (κ3) is 3.61. The summed E-state index contributed by atoms with van der Waals surface area (Å²) in [6, 6.07) is 15.1. The van der Waals surface area contributed by atoms with Gasteiger partial charge in [-0.25, -0.2) is 4.98 Å². The van der Waals surface area contributed by atoms with Crippen LogP contribution in [0.1, 0.15) is 10.4 Å². The normalized spacial score (nSPS) is 10.8. The summed E-state index contributed by atoms with van der Waals surface area (Å²) < 4.78 is 5.67. The molecular weight excluding hydrogens is 398 g/mol. The van der Waals surface area contributed by atoms with Gasteiger partial charge in [0, 0.05) is 17.8 Å². The molecule has 0 spiro atoms. The lowest BCUT2D eigenvalue weighted by Gasteiger charge is -2.09. The van der Waals surface area contributed by atoms with Gasteiger partial charge in [-0.3, -0.25) is 14.9 Å². The largest absolute Gasteiger partial charge is 0.507 e. The number of non-ortho nitro benzene ring substituents is 1. The molecule has 4 aromatic rings. The van der Waals surface area contributed by atoms with E-state index in [1.165, 1.54) is 30.3 Å². The zero-order valence-corrected chi connectivity index (χ0v) is 15.4. The molecule has 8 nitrogen and oxygen atoms in total. The maximum absolute atomic E-state index is 12.5. The molecule has 0 radical (unpaired) electrons. The molecule has 144 valence electrons. The minimum absolute atomic E-state index is 0.0466. The Morgan fingerprint density at radius 1 is 1.14 bits per heavy atom. The number of carbonyl (C=O) groups is 1. The van der Waals surface area contributed by atoms with E-state index in [-0.39, 0.29) is 27.9 Å². The molecule has 29 heavy (non-hydrogen) atoms. The van der Waals surface area contributed by atoms with Crippen molar-refractivity contribution >= 4 is 40.0 Å². The van der Waals surface area contributed by atoms with Crippen molar-refractivity contribution < 1.29 is 19.2 Å². The minimum atomic E-state index is -0.597.